The monoisotopic (exact) mass is 320 g/mol. The van der Waals surface area contributed by atoms with E-state index in [2.05, 4.69) is 54.1 Å². The number of rotatable bonds is 3. The molecule has 0 aliphatic heterocycles. The van der Waals surface area contributed by atoms with Crippen molar-refractivity contribution in [1.29, 1.82) is 0 Å². The standard InChI is InChI=1S/C15H13ClN2S2/c1-9-4-3-5-11(6-9)8-19-13-12-7-10(2)20-14(12)18-15(16)17-13/h3-7H,8H2,1-2H3. The van der Waals surface area contributed by atoms with Crippen LogP contribution < -0.4 is 0 Å². The number of thiophene rings is 1. The van der Waals surface area contributed by atoms with Crippen molar-refractivity contribution in [3.8, 4) is 0 Å². The number of aryl methyl sites for hydroxylation is 2. The second-order valence-electron chi connectivity index (χ2n) is 4.65. The molecule has 2 nitrogen and oxygen atoms in total. The highest BCUT2D eigenvalue weighted by atomic mass is 35.5. The molecule has 102 valence electrons. The highest BCUT2D eigenvalue weighted by Gasteiger charge is 2.10. The summed E-state index contributed by atoms with van der Waals surface area (Å²) in [5, 5.41) is 2.39. The maximum Gasteiger partial charge on any atom is 0.224 e. The van der Waals surface area contributed by atoms with Crippen LogP contribution in [0.15, 0.2) is 35.4 Å². The maximum atomic E-state index is 6.01. The van der Waals surface area contributed by atoms with Crippen LogP contribution in [0.25, 0.3) is 10.2 Å². The topological polar surface area (TPSA) is 25.8 Å². The summed E-state index contributed by atoms with van der Waals surface area (Å²) in [5.74, 6) is 0.888. The van der Waals surface area contributed by atoms with Crippen LogP contribution >= 0.6 is 34.7 Å². The van der Waals surface area contributed by atoms with E-state index in [4.69, 9.17) is 11.6 Å². The number of hydrogen-bond acceptors (Lipinski definition) is 4. The Morgan fingerprint density at radius 1 is 1.20 bits per heavy atom. The first kappa shape index (κ1) is 13.9. The van der Waals surface area contributed by atoms with Gasteiger partial charge in [0, 0.05) is 16.0 Å². The summed E-state index contributed by atoms with van der Waals surface area (Å²) in [6, 6.07) is 10.7. The van der Waals surface area contributed by atoms with Gasteiger partial charge in [-0.05, 0) is 37.1 Å². The molecule has 0 aliphatic rings. The fourth-order valence-corrected chi connectivity index (χ4v) is 4.21. The highest BCUT2D eigenvalue weighted by Crippen LogP contribution is 2.33. The summed E-state index contributed by atoms with van der Waals surface area (Å²) in [4.78, 5) is 10.9. The number of benzene rings is 1. The van der Waals surface area contributed by atoms with E-state index in [9.17, 15) is 0 Å². The van der Waals surface area contributed by atoms with E-state index in [1.165, 1.54) is 16.0 Å². The van der Waals surface area contributed by atoms with E-state index in [-0.39, 0.29) is 0 Å². The fraction of sp³-hybridized carbons (Fsp3) is 0.200. The van der Waals surface area contributed by atoms with Gasteiger partial charge in [-0.2, -0.15) is 0 Å². The lowest BCUT2D eigenvalue weighted by atomic mass is 10.2. The normalized spacial score (nSPS) is 11.2. The van der Waals surface area contributed by atoms with Crippen molar-refractivity contribution in [2.24, 2.45) is 0 Å². The molecule has 0 spiro atoms. The van der Waals surface area contributed by atoms with E-state index in [0.717, 1.165) is 21.0 Å². The van der Waals surface area contributed by atoms with Gasteiger partial charge >= 0.3 is 0 Å². The Hall–Kier alpha value is -1.10. The van der Waals surface area contributed by atoms with Gasteiger partial charge in [0.05, 0.1) is 0 Å². The third-order valence-corrected chi connectivity index (χ3v) is 5.09. The van der Waals surface area contributed by atoms with Crippen molar-refractivity contribution in [2.75, 3.05) is 0 Å². The molecule has 0 bridgehead atoms. The lowest BCUT2D eigenvalue weighted by molar-refractivity contribution is 1.11. The first-order valence-corrected chi connectivity index (χ1v) is 8.42. The Balaban J connectivity index is 1.90. The van der Waals surface area contributed by atoms with Gasteiger partial charge in [0.25, 0.3) is 0 Å². The smallest absolute Gasteiger partial charge is 0.211 e. The number of aromatic nitrogens is 2. The van der Waals surface area contributed by atoms with Crippen molar-refractivity contribution in [2.45, 2.75) is 24.6 Å². The summed E-state index contributed by atoms with van der Waals surface area (Å²) in [5.41, 5.74) is 2.57. The van der Waals surface area contributed by atoms with E-state index >= 15 is 0 Å². The van der Waals surface area contributed by atoms with Gasteiger partial charge in [-0.25, -0.2) is 9.97 Å². The minimum absolute atomic E-state index is 0.325. The first-order chi connectivity index (χ1) is 9.61. The molecule has 0 unspecified atom stereocenters. The second kappa shape index (κ2) is 5.72. The van der Waals surface area contributed by atoms with Crippen LogP contribution in [0, 0.1) is 13.8 Å². The first-order valence-electron chi connectivity index (χ1n) is 6.24. The van der Waals surface area contributed by atoms with Gasteiger partial charge in [0.2, 0.25) is 5.28 Å². The Bertz CT molecular complexity index is 768. The van der Waals surface area contributed by atoms with Crippen molar-refractivity contribution in [3.63, 3.8) is 0 Å². The van der Waals surface area contributed by atoms with Crippen LogP contribution in [0.2, 0.25) is 5.28 Å². The molecular weight excluding hydrogens is 308 g/mol. The maximum absolute atomic E-state index is 6.01. The predicted molar refractivity (Wildman–Crippen MR) is 87.9 cm³/mol. The fourth-order valence-electron chi connectivity index (χ4n) is 2.05. The molecule has 0 atom stereocenters. The van der Waals surface area contributed by atoms with Gasteiger partial charge in [0.1, 0.15) is 9.86 Å². The molecule has 5 heteroatoms. The molecule has 0 aliphatic carbocycles. The average molecular weight is 321 g/mol. The number of halogens is 1. The molecule has 2 aromatic heterocycles. The summed E-state index contributed by atoms with van der Waals surface area (Å²) >= 11 is 9.38. The molecule has 0 fully saturated rings. The molecular formula is C15H13ClN2S2. The van der Waals surface area contributed by atoms with Gasteiger partial charge < -0.3 is 0 Å². The third-order valence-electron chi connectivity index (χ3n) is 2.91. The van der Waals surface area contributed by atoms with Gasteiger partial charge in [-0.3, -0.25) is 0 Å². The molecule has 0 saturated carbocycles. The van der Waals surface area contributed by atoms with Crippen molar-refractivity contribution >= 4 is 44.9 Å². The van der Waals surface area contributed by atoms with Gasteiger partial charge in [0.15, 0.2) is 0 Å². The SMILES string of the molecule is Cc1cccc(CSc2nc(Cl)nc3sc(C)cc23)c1. The van der Waals surface area contributed by atoms with E-state index < -0.39 is 0 Å². The van der Waals surface area contributed by atoms with Crippen LogP contribution in [0.4, 0.5) is 0 Å². The zero-order chi connectivity index (χ0) is 14.1. The molecule has 20 heavy (non-hydrogen) atoms. The Kier molecular flexibility index (Phi) is 3.96. The molecule has 3 aromatic rings. The van der Waals surface area contributed by atoms with Gasteiger partial charge in [-0.15, -0.1) is 23.1 Å². The lowest BCUT2D eigenvalue weighted by Gasteiger charge is -2.04. The molecule has 2 heterocycles. The Morgan fingerprint density at radius 2 is 2.05 bits per heavy atom. The molecule has 0 radical (unpaired) electrons. The zero-order valence-corrected chi connectivity index (χ0v) is 13.6. The van der Waals surface area contributed by atoms with Crippen molar-refractivity contribution < 1.29 is 0 Å². The van der Waals surface area contributed by atoms with Crippen LogP contribution in [0.5, 0.6) is 0 Å². The largest absolute Gasteiger partial charge is 0.224 e. The van der Waals surface area contributed by atoms with Crippen molar-refractivity contribution in [1.82, 2.24) is 9.97 Å². The summed E-state index contributed by atoms with van der Waals surface area (Å²) in [7, 11) is 0. The number of fused-ring (bicyclic) bond motifs is 1. The minimum atomic E-state index is 0.325. The zero-order valence-electron chi connectivity index (χ0n) is 11.2. The minimum Gasteiger partial charge on any atom is -0.211 e. The Morgan fingerprint density at radius 3 is 2.85 bits per heavy atom. The Labute approximate surface area is 131 Å². The van der Waals surface area contributed by atoms with Crippen LogP contribution in [0.1, 0.15) is 16.0 Å². The van der Waals surface area contributed by atoms with E-state index in [1.807, 2.05) is 0 Å². The molecule has 0 amide bonds. The molecule has 0 N–H and O–H groups in total. The molecule has 3 rings (SSSR count). The lowest BCUT2D eigenvalue weighted by Crippen LogP contribution is -1.88. The average Bonchev–Trinajstić information content (AvgIpc) is 2.76. The van der Waals surface area contributed by atoms with E-state index in [0.29, 0.717) is 5.28 Å². The van der Waals surface area contributed by atoms with Gasteiger partial charge in [-0.1, -0.05) is 29.8 Å². The van der Waals surface area contributed by atoms with Crippen molar-refractivity contribution in [3.05, 3.63) is 51.6 Å². The number of thioether (sulfide) groups is 1. The number of nitrogens with zero attached hydrogens (tertiary/aromatic N) is 2. The number of hydrogen-bond donors (Lipinski definition) is 0. The van der Waals surface area contributed by atoms with E-state index in [1.54, 1.807) is 23.1 Å². The molecule has 0 saturated heterocycles. The van der Waals surface area contributed by atoms with Crippen LogP contribution in [-0.4, -0.2) is 9.97 Å². The third kappa shape index (κ3) is 2.97. The summed E-state index contributed by atoms with van der Waals surface area (Å²) in [6.45, 7) is 4.19. The summed E-state index contributed by atoms with van der Waals surface area (Å²) in [6.07, 6.45) is 0. The quantitative estimate of drug-likeness (QED) is 0.374. The predicted octanol–water partition coefficient (Wildman–Crippen LogP) is 5.25. The molecule has 1 aromatic carbocycles. The van der Waals surface area contributed by atoms with Crippen LogP contribution in [0.3, 0.4) is 0 Å². The van der Waals surface area contributed by atoms with Crippen LogP contribution in [-0.2, 0) is 5.75 Å². The second-order valence-corrected chi connectivity index (χ2v) is 7.19. The summed E-state index contributed by atoms with van der Waals surface area (Å²) < 4.78 is 0. The highest BCUT2D eigenvalue weighted by molar-refractivity contribution is 7.98.